The average Bonchev–Trinajstić information content (AvgIpc) is 2.97. The molecular weight excluding hydrogens is 172 g/mol. The zero-order chi connectivity index (χ0) is 9.54. The highest BCUT2D eigenvalue weighted by Gasteiger charge is 2.26. The van der Waals surface area contributed by atoms with Crippen LogP contribution in [0.5, 0.6) is 0 Å². The number of aromatic nitrogens is 2. The van der Waals surface area contributed by atoms with E-state index in [2.05, 4.69) is 35.1 Å². The summed E-state index contributed by atoms with van der Waals surface area (Å²) in [5.74, 6) is 1.91. The van der Waals surface area contributed by atoms with Crippen molar-refractivity contribution in [3.63, 3.8) is 0 Å². The summed E-state index contributed by atoms with van der Waals surface area (Å²) >= 11 is 0. The molecule has 0 atom stereocenters. The van der Waals surface area contributed by atoms with E-state index in [0.29, 0.717) is 5.92 Å². The van der Waals surface area contributed by atoms with Crippen molar-refractivity contribution in [2.75, 3.05) is 0 Å². The van der Waals surface area contributed by atoms with E-state index in [0.717, 1.165) is 6.42 Å². The molecule has 72 valence electrons. The summed E-state index contributed by atoms with van der Waals surface area (Å²) in [4.78, 5) is 8.11. The summed E-state index contributed by atoms with van der Waals surface area (Å²) in [6.07, 6.45) is 3.68. The van der Waals surface area contributed by atoms with Crippen molar-refractivity contribution in [3.8, 4) is 0 Å². The standard InChI is InChI=1S/C12H14N2/c1-2-8-4-3-5-10-11(8)14-12(13-10)9-6-7-9/h3-5,9H,2,6-7H2,1H3,(H,13,14). The number of imidazole rings is 1. The predicted molar refractivity (Wildman–Crippen MR) is 57.4 cm³/mol. The molecule has 3 rings (SSSR count). The third-order valence-corrected chi connectivity index (χ3v) is 2.96. The quantitative estimate of drug-likeness (QED) is 0.767. The van der Waals surface area contributed by atoms with Gasteiger partial charge in [0.15, 0.2) is 0 Å². The fourth-order valence-corrected chi connectivity index (χ4v) is 1.95. The molecule has 1 aliphatic carbocycles. The van der Waals surface area contributed by atoms with Gasteiger partial charge in [-0.25, -0.2) is 4.98 Å². The molecule has 0 unspecified atom stereocenters. The minimum atomic E-state index is 0.715. The molecule has 0 aliphatic heterocycles. The Morgan fingerprint density at radius 2 is 2.29 bits per heavy atom. The third kappa shape index (κ3) is 1.14. The van der Waals surface area contributed by atoms with Crippen LogP contribution in [-0.4, -0.2) is 9.97 Å². The van der Waals surface area contributed by atoms with Gasteiger partial charge in [0.1, 0.15) is 5.82 Å². The summed E-state index contributed by atoms with van der Waals surface area (Å²) < 4.78 is 0. The molecule has 2 heteroatoms. The highest BCUT2D eigenvalue weighted by atomic mass is 14.9. The Morgan fingerprint density at radius 3 is 3.00 bits per heavy atom. The number of para-hydroxylation sites is 1. The number of aryl methyl sites for hydroxylation is 1. The second kappa shape index (κ2) is 2.84. The first-order chi connectivity index (χ1) is 6.88. The molecule has 0 bridgehead atoms. The Balaban J connectivity index is 2.20. The van der Waals surface area contributed by atoms with E-state index in [1.54, 1.807) is 0 Å². The SMILES string of the molecule is CCc1cccc2[nH]c(C3CC3)nc12. The molecule has 0 radical (unpaired) electrons. The summed E-state index contributed by atoms with van der Waals surface area (Å²) in [6.45, 7) is 2.18. The van der Waals surface area contributed by atoms with Crippen molar-refractivity contribution in [1.29, 1.82) is 0 Å². The molecule has 1 saturated carbocycles. The summed E-state index contributed by atoms with van der Waals surface area (Å²) in [6, 6.07) is 6.39. The maximum Gasteiger partial charge on any atom is 0.110 e. The van der Waals surface area contributed by atoms with E-state index >= 15 is 0 Å². The minimum absolute atomic E-state index is 0.715. The van der Waals surface area contributed by atoms with Crippen molar-refractivity contribution in [1.82, 2.24) is 9.97 Å². The largest absolute Gasteiger partial charge is 0.342 e. The molecule has 1 N–H and O–H groups in total. The number of nitrogens with zero attached hydrogens (tertiary/aromatic N) is 1. The van der Waals surface area contributed by atoms with E-state index in [1.807, 2.05) is 0 Å². The Hall–Kier alpha value is -1.31. The van der Waals surface area contributed by atoms with Gasteiger partial charge in [0.2, 0.25) is 0 Å². The first-order valence-corrected chi connectivity index (χ1v) is 5.36. The topological polar surface area (TPSA) is 28.7 Å². The van der Waals surface area contributed by atoms with Crippen molar-refractivity contribution >= 4 is 11.0 Å². The van der Waals surface area contributed by atoms with Crippen LogP contribution >= 0.6 is 0 Å². The summed E-state index contributed by atoms with van der Waals surface area (Å²) in [5.41, 5.74) is 3.73. The van der Waals surface area contributed by atoms with E-state index in [-0.39, 0.29) is 0 Å². The number of rotatable bonds is 2. The smallest absolute Gasteiger partial charge is 0.110 e. The molecule has 1 heterocycles. The monoisotopic (exact) mass is 186 g/mol. The minimum Gasteiger partial charge on any atom is -0.342 e. The number of hydrogen-bond donors (Lipinski definition) is 1. The van der Waals surface area contributed by atoms with Crippen molar-refractivity contribution in [3.05, 3.63) is 29.6 Å². The molecule has 0 saturated heterocycles. The number of aromatic amines is 1. The number of benzene rings is 1. The van der Waals surface area contributed by atoms with E-state index in [1.165, 1.54) is 35.3 Å². The molecule has 0 spiro atoms. The second-order valence-corrected chi connectivity index (χ2v) is 4.06. The molecule has 1 aromatic heterocycles. The van der Waals surface area contributed by atoms with E-state index < -0.39 is 0 Å². The van der Waals surface area contributed by atoms with Gasteiger partial charge in [0.25, 0.3) is 0 Å². The van der Waals surface area contributed by atoms with Crippen LogP contribution in [0.3, 0.4) is 0 Å². The zero-order valence-corrected chi connectivity index (χ0v) is 8.38. The lowest BCUT2D eigenvalue weighted by atomic mass is 10.1. The highest BCUT2D eigenvalue weighted by Crippen LogP contribution is 2.39. The van der Waals surface area contributed by atoms with Gasteiger partial charge in [-0.3, -0.25) is 0 Å². The van der Waals surface area contributed by atoms with Crippen LogP contribution in [0.15, 0.2) is 18.2 Å². The van der Waals surface area contributed by atoms with Crippen LogP contribution in [0.25, 0.3) is 11.0 Å². The van der Waals surface area contributed by atoms with Crippen LogP contribution in [0.2, 0.25) is 0 Å². The molecule has 1 aromatic carbocycles. The number of nitrogens with one attached hydrogen (secondary N) is 1. The molecule has 1 fully saturated rings. The van der Waals surface area contributed by atoms with E-state index in [4.69, 9.17) is 0 Å². The first kappa shape index (κ1) is 8.04. The van der Waals surface area contributed by atoms with Gasteiger partial charge in [0, 0.05) is 5.92 Å². The van der Waals surface area contributed by atoms with Gasteiger partial charge >= 0.3 is 0 Å². The molecular formula is C12H14N2. The fourth-order valence-electron chi connectivity index (χ4n) is 1.95. The number of fused-ring (bicyclic) bond motifs is 1. The van der Waals surface area contributed by atoms with Gasteiger partial charge < -0.3 is 4.98 Å². The first-order valence-electron chi connectivity index (χ1n) is 5.36. The van der Waals surface area contributed by atoms with Crippen molar-refractivity contribution in [2.24, 2.45) is 0 Å². The van der Waals surface area contributed by atoms with Gasteiger partial charge in [-0.15, -0.1) is 0 Å². The molecule has 14 heavy (non-hydrogen) atoms. The molecule has 2 aromatic rings. The number of H-pyrrole nitrogens is 1. The van der Waals surface area contributed by atoms with Crippen LogP contribution in [0.1, 0.15) is 37.1 Å². The van der Waals surface area contributed by atoms with Crippen LogP contribution in [0.4, 0.5) is 0 Å². The highest BCUT2D eigenvalue weighted by molar-refractivity contribution is 5.79. The predicted octanol–water partition coefficient (Wildman–Crippen LogP) is 3.00. The average molecular weight is 186 g/mol. The van der Waals surface area contributed by atoms with Gasteiger partial charge in [-0.05, 0) is 30.9 Å². The van der Waals surface area contributed by atoms with Crippen molar-refractivity contribution < 1.29 is 0 Å². The molecule has 1 aliphatic rings. The van der Waals surface area contributed by atoms with Crippen LogP contribution < -0.4 is 0 Å². The Kier molecular flexibility index (Phi) is 1.63. The lowest BCUT2D eigenvalue weighted by Crippen LogP contribution is -1.82. The second-order valence-electron chi connectivity index (χ2n) is 4.06. The van der Waals surface area contributed by atoms with Gasteiger partial charge in [-0.2, -0.15) is 0 Å². The lowest BCUT2D eigenvalue weighted by molar-refractivity contribution is 0.984. The number of hydrogen-bond acceptors (Lipinski definition) is 1. The normalized spacial score (nSPS) is 16.4. The van der Waals surface area contributed by atoms with Crippen LogP contribution in [-0.2, 0) is 6.42 Å². The third-order valence-electron chi connectivity index (χ3n) is 2.96. The Labute approximate surface area is 83.4 Å². The van der Waals surface area contributed by atoms with E-state index in [9.17, 15) is 0 Å². The maximum absolute atomic E-state index is 4.69. The lowest BCUT2D eigenvalue weighted by Gasteiger charge is -1.95. The van der Waals surface area contributed by atoms with Gasteiger partial charge in [0.05, 0.1) is 11.0 Å². The fraction of sp³-hybridized carbons (Fsp3) is 0.417. The summed E-state index contributed by atoms with van der Waals surface area (Å²) in [5, 5.41) is 0. The summed E-state index contributed by atoms with van der Waals surface area (Å²) in [7, 11) is 0. The zero-order valence-electron chi connectivity index (χ0n) is 8.38. The van der Waals surface area contributed by atoms with Gasteiger partial charge in [-0.1, -0.05) is 19.1 Å². The Bertz CT molecular complexity index is 466. The Morgan fingerprint density at radius 1 is 1.43 bits per heavy atom. The molecule has 0 amide bonds. The van der Waals surface area contributed by atoms with Crippen molar-refractivity contribution in [2.45, 2.75) is 32.1 Å². The molecule has 2 nitrogen and oxygen atoms in total. The van der Waals surface area contributed by atoms with Crippen LogP contribution in [0, 0.1) is 0 Å². The maximum atomic E-state index is 4.69.